The van der Waals surface area contributed by atoms with Crippen molar-refractivity contribution in [3.63, 3.8) is 0 Å². The molecule has 2 aromatic carbocycles. The monoisotopic (exact) mass is 342 g/mol. The number of hydrogen-bond donors (Lipinski definition) is 2. The van der Waals surface area contributed by atoms with E-state index >= 15 is 0 Å². The van der Waals surface area contributed by atoms with Crippen LogP contribution in [0.5, 0.6) is 11.5 Å². The molecule has 0 aliphatic carbocycles. The zero-order chi connectivity index (χ0) is 18.1. The molecule has 0 fully saturated rings. The molecule has 0 spiro atoms. The number of aliphatic carboxylic acids is 2. The van der Waals surface area contributed by atoms with Crippen LogP contribution in [0.25, 0.3) is 6.08 Å². The second-order valence-corrected chi connectivity index (χ2v) is 5.19. The van der Waals surface area contributed by atoms with E-state index in [1.165, 1.54) is 12.1 Å². The summed E-state index contributed by atoms with van der Waals surface area (Å²) >= 11 is 0. The van der Waals surface area contributed by atoms with Gasteiger partial charge in [-0.2, -0.15) is 0 Å². The molecule has 2 aromatic rings. The Balaban J connectivity index is 2.04. The molecule has 0 aliphatic rings. The minimum absolute atomic E-state index is 0.208. The number of carbonyl (C=O) groups is 2. The van der Waals surface area contributed by atoms with Crippen molar-refractivity contribution in [2.75, 3.05) is 13.2 Å². The van der Waals surface area contributed by atoms with E-state index in [0.29, 0.717) is 11.3 Å². The smallest absolute Gasteiger partial charge is 0.341 e. The Morgan fingerprint density at radius 2 is 1.60 bits per heavy atom. The van der Waals surface area contributed by atoms with Crippen molar-refractivity contribution in [2.24, 2.45) is 0 Å². The van der Waals surface area contributed by atoms with E-state index in [2.05, 4.69) is 0 Å². The topological polar surface area (TPSA) is 93.1 Å². The van der Waals surface area contributed by atoms with Crippen LogP contribution in [0.4, 0.5) is 0 Å². The molecule has 6 heteroatoms. The van der Waals surface area contributed by atoms with Crippen LogP contribution in [0.1, 0.15) is 11.1 Å². The summed E-state index contributed by atoms with van der Waals surface area (Å²) in [6.45, 7) is -0.229. The Kier molecular flexibility index (Phi) is 6.59. The molecule has 0 bridgehead atoms. The van der Waals surface area contributed by atoms with Crippen LogP contribution in [0, 0.1) is 0 Å². The van der Waals surface area contributed by atoms with Crippen LogP contribution < -0.4 is 9.47 Å². The van der Waals surface area contributed by atoms with Crippen LogP contribution >= 0.6 is 0 Å². The second kappa shape index (κ2) is 9.12. The van der Waals surface area contributed by atoms with Crippen molar-refractivity contribution in [3.05, 3.63) is 65.7 Å². The van der Waals surface area contributed by atoms with Crippen LogP contribution in [-0.4, -0.2) is 35.4 Å². The Hall–Kier alpha value is -3.28. The summed E-state index contributed by atoms with van der Waals surface area (Å²) in [6, 6.07) is 14.3. The number of ether oxygens (including phenoxy) is 2. The van der Waals surface area contributed by atoms with Gasteiger partial charge in [-0.3, -0.25) is 4.79 Å². The molecule has 0 aliphatic heterocycles. The van der Waals surface area contributed by atoms with Gasteiger partial charge in [0.25, 0.3) is 0 Å². The Bertz CT molecular complexity index is 752. The quantitative estimate of drug-likeness (QED) is 0.728. The summed E-state index contributed by atoms with van der Waals surface area (Å²) in [7, 11) is 0. The van der Waals surface area contributed by atoms with Gasteiger partial charge in [0, 0.05) is 6.07 Å². The van der Waals surface area contributed by atoms with E-state index < -0.39 is 18.5 Å². The highest BCUT2D eigenvalue weighted by Gasteiger charge is 2.08. The van der Waals surface area contributed by atoms with Crippen molar-refractivity contribution in [2.45, 2.75) is 6.42 Å². The minimum atomic E-state index is -1.11. The van der Waals surface area contributed by atoms with Gasteiger partial charge in [-0.15, -0.1) is 0 Å². The molecule has 0 radical (unpaired) electrons. The van der Waals surface area contributed by atoms with E-state index in [0.717, 1.165) is 5.56 Å². The van der Waals surface area contributed by atoms with Crippen molar-refractivity contribution in [1.82, 2.24) is 0 Å². The fourth-order valence-corrected chi connectivity index (χ4v) is 2.11. The maximum atomic E-state index is 10.9. The lowest BCUT2D eigenvalue weighted by Crippen LogP contribution is -2.10. The number of benzene rings is 2. The summed E-state index contributed by atoms with van der Waals surface area (Å²) in [5.41, 5.74) is 1.51. The van der Waals surface area contributed by atoms with Crippen molar-refractivity contribution >= 4 is 18.0 Å². The number of carboxylic acid groups (broad SMARTS) is 2. The normalized spacial score (nSPS) is 10.6. The van der Waals surface area contributed by atoms with Gasteiger partial charge in [0.2, 0.25) is 0 Å². The first-order valence-corrected chi connectivity index (χ1v) is 7.57. The van der Waals surface area contributed by atoms with Gasteiger partial charge in [-0.05, 0) is 29.3 Å². The molecule has 0 saturated heterocycles. The van der Waals surface area contributed by atoms with Crippen molar-refractivity contribution in [1.29, 1.82) is 0 Å². The summed E-state index contributed by atoms with van der Waals surface area (Å²) < 4.78 is 10.7. The van der Waals surface area contributed by atoms with Crippen molar-refractivity contribution < 1.29 is 29.3 Å². The molecule has 0 atom stereocenters. The maximum absolute atomic E-state index is 10.9. The lowest BCUT2D eigenvalue weighted by atomic mass is 10.1. The molecular weight excluding hydrogens is 324 g/mol. The zero-order valence-electron chi connectivity index (χ0n) is 13.4. The first-order chi connectivity index (χ1) is 12.0. The fourth-order valence-electron chi connectivity index (χ4n) is 2.11. The van der Waals surface area contributed by atoms with Crippen molar-refractivity contribution in [3.8, 4) is 11.5 Å². The molecule has 2 N–H and O–H groups in total. The summed E-state index contributed by atoms with van der Waals surface area (Å²) in [5.74, 6) is -1.44. The van der Waals surface area contributed by atoms with E-state index in [9.17, 15) is 9.59 Å². The highest BCUT2D eigenvalue weighted by atomic mass is 16.5. The zero-order valence-corrected chi connectivity index (χ0v) is 13.4. The fraction of sp³-hybridized carbons (Fsp3) is 0.158. The number of carboxylic acids is 2. The second-order valence-electron chi connectivity index (χ2n) is 5.19. The van der Waals surface area contributed by atoms with Crippen LogP contribution in [-0.2, 0) is 16.0 Å². The molecule has 0 saturated carbocycles. The molecular formula is C19H18O6. The van der Waals surface area contributed by atoms with Gasteiger partial charge in [0.1, 0.15) is 18.1 Å². The predicted octanol–water partition coefficient (Wildman–Crippen LogP) is 2.87. The third-order valence-corrected chi connectivity index (χ3v) is 3.11. The molecule has 0 amide bonds. The molecule has 0 aromatic heterocycles. The van der Waals surface area contributed by atoms with Crippen LogP contribution in [0.3, 0.4) is 0 Å². The lowest BCUT2D eigenvalue weighted by Gasteiger charge is -2.10. The highest BCUT2D eigenvalue weighted by Crippen LogP contribution is 2.23. The molecule has 2 rings (SSSR count). The van der Waals surface area contributed by atoms with Gasteiger partial charge in [-0.25, -0.2) is 4.79 Å². The first kappa shape index (κ1) is 18.1. The van der Waals surface area contributed by atoms with Crippen LogP contribution in [0.15, 0.2) is 54.6 Å². The molecule has 0 heterocycles. The molecule has 25 heavy (non-hydrogen) atoms. The van der Waals surface area contributed by atoms with Gasteiger partial charge in [0.15, 0.2) is 6.61 Å². The van der Waals surface area contributed by atoms with Gasteiger partial charge in [-0.1, -0.05) is 36.4 Å². The predicted molar refractivity (Wildman–Crippen MR) is 91.9 cm³/mol. The largest absolute Gasteiger partial charge is 0.489 e. The first-order valence-electron chi connectivity index (χ1n) is 7.57. The average Bonchev–Trinajstić information content (AvgIpc) is 2.57. The van der Waals surface area contributed by atoms with E-state index in [1.807, 2.05) is 42.5 Å². The third kappa shape index (κ3) is 6.78. The van der Waals surface area contributed by atoms with Crippen LogP contribution in [0.2, 0.25) is 0 Å². The van der Waals surface area contributed by atoms with E-state index in [4.69, 9.17) is 19.7 Å². The van der Waals surface area contributed by atoms with E-state index in [1.54, 1.807) is 6.07 Å². The van der Waals surface area contributed by atoms with Gasteiger partial charge in [0.05, 0.1) is 6.42 Å². The SMILES string of the molecule is O=C(O)COc1cc(CC(=O)O)cc(OCC=Cc2ccccc2)c1. The van der Waals surface area contributed by atoms with Gasteiger partial charge >= 0.3 is 11.9 Å². The highest BCUT2D eigenvalue weighted by molar-refractivity contribution is 5.71. The molecule has 0 unspecified atom stereocenters. The average molecular weight is 342 g/mol. The third-order valence-electron chi connectivity index (χ3n) is 3.11. The van der Waals surface area contributed by atoms with Gasteiger partial charge < -0.3 is 19.7 Å². The standard InChI is InChI=1S/C19H18O6/c20-18(21)11-15-9-16(12-17(10-15)25-13-19(22)23)24-8-4-7-14-5-2-1-3-6-14/h1-7,9-10,12H,8,11,13H2,(H,20,21)(H,22,23). The Morgan fingerprint density at radius 3 is 2.24 bits per heavy atom. The minimum Gasteiger partial charge on any atom is -0.489 e. The summed E-state index contributed by atoms with van der Waals surface area (Å²) in [5, 5.41) is 17.6. The Morgan fingerprint density at radius 1 is 0.920 bits per heavy atom. The maximum Gasteiger partial charge on any atom is 0.341 e. The summed E-state index contributed by atoms with van der Waals surface area (Å²) in [4.78, 5) is 21.5. The Labute approximate surface area is 144 Å². The molecule has 6 nitrogen and oxygen atoms in total. The number of hydrogen-bond acceptors (Lipinski definition) is 4. The number of rotatable bonds is 9. The molecule has 130 valence electrons. The summed E-state index contributed by atoms with van der Waals surface area (Å²) in [6.07, 6.45) is 3.53. The lowest BCUT2D eigenvalue weighted by molar-refractivity contribution is -0.139. The van der Waals surface area contributed by atoms with E-state index in [-0.39, 0.29) is 18.8 Å².